The van der Waals surface area contributed by atoms with Crippen molar-refractivity contribution in [1.82, 2.24) is 0 Å². The Morgan fingerprint density at radius 1 is 0.615 bits per heavy atom. The smallest absolute Gasteiger partial charge is 0.221 e. The van der Waals surface area contributed by atoms with E-state index < -0.39 is 17.3 Å². The summed E-state index contributed by atoms with van der Waals surface area (Å²) in [7, 11) is 0. The molecule has 0 amide bonds. The van der Waals surface area contributed by atoms with Crippen molar-refractivity contribution in [1.29, 1.82) is 0 Å². The Balaban J connectivity index is 2.19. The Kier molecular flexibility index (Phi) is 4.56. The fourth-order valence-corrected chi connectivity index (χ4v) is 2.96. The molecule has 0 spiro atoms. The highest BCUT2D eigenvalue weighted by Gasteiger charge is 2.38. The quantitative estimate of drug-likeness (QED) is 0.463. The summed E-state index contributed by atoms with van der Waals surface area (Å²) in [5, 5.41) is 53.3. The first-order chi connectivity index (χ1) is 12.2. The zero-order chi connectivity index (χ0) is 18.9. The predicted octanol–water partition coefficient (Wildman–Crippen LogP) is 2.07. The lowest BCUT2D eigenvalue weighted by atomic mass is 9.88. The monoisotopic (exact) mass is 352 g/mol. The predicted molar refractivity (Wildman–Crippen MR) is 96.2 cm³/mol. The molecule has 0 fully saturated rings. The van der Waals surface area contributed by atoms with Crippen molar-refractivity contribution in [2.24, 2.45) is 0 Å². The van der Waals surface area contributed by atoms with Crippen LogP contribution in [0.4, 0.5) is 0 Å². The molecule has 0 bridgehead atoms. The Morgan fingerprint density at radius 2 is 0.962 bits per heavy atom. The van der Waals surface area contributed by atoms with E-state index in [2.05, 4.69) is 0 Å². The number of hydrogen-bond acceptors (Lipinski definition) is 5. The molecule has 0 aliphatic heterocycles. The third kappa shape index (κ3) is 3.09. The van der Waals surface area contributed by atoms with Gasteiger partial charge in [-0.2, -0.15) is 0 Å². The van der Waals surface area contributed by atoms with Gasteiger partial charge in [0.2, 0.25) is 11.6 Å². The Bertz CT molecular complexity index is 830. The van der Waals surface area contributed by atoms with Crippen LogP contribution in [0.1, 0.15) is 27.8 Å². The van der Waals surface area contributed by atoms with Crippen molar-refractivity contribution >= 4 is 0 Å². The lowest BCUT2D eigenvalue weighted by molar-refractivity contribution is -0.139. The van der Waals surface area contributed by atoms with E-state index in [-0.39, 0.29) is 22.3 Å². The van der Waals surface area contributed by atoms with Gasteiger partial charge in [0.1, 0.15) is 5.75 Å². The van der Waals surface area contributed by atoms with Gasteiger partial charge in [-0.1, -0.05) is 60.7 Å². The first kappa shape index (κ1) is 18.1. The van der Waals surface area contributed by atoms with E-state index in [1.807, 2.05) is 0 Å². The van der Waals surface area contributed by atoms with E-state index in [1.165, 1.54) is 36.4 Å². The van der Waals surface area contributed by atoms with Crippen molar-refractivity contribution < 1.29 is 25.5 Å². The van der Waals surface area contributed by atoms with Gasteiger partial charge in [0.15, 0.2) is 0 Å². The molecule has 0 aliphatic carbocycles. The standard InChI is InChI=1S/C21H20O5/c1-14-12-17(20(23,24)15-8-4-2-5-9-15)19(22)18(13-14)21(25,26)16-10-6-3-7-11-16/h2-13,22-26H,1H3. The molecular formula is C21H20O5. The first-order valence-electron chi connectivity index (χ1n) is 8.09. The van der Waals surface area contributed by atoms with Gasteiger partial charge >= 0.3 is 0 Å². The van der Waals surface area contributed by atoms with Crippen LogP contribution in [0.5, 0.6) is 5.75 Å². The summed E-state index contributed by atoms with van der Waals surface area (Å²) in [6.45, 7) is 1.66. The van der Waals surface area contributed by atoms with Gasteiger partial charge in [-0.15, -0.1) is 0 Å². The average Bonchev–Trinajstić information content (AvgIpc) is 2.64. The Hall–Kier alpha value is -2.70. The molecule has 3 rings (SSSR count). The molecule has 3 aromatic rings. The van der Waals surface area contributed by atoms with Gasteiger partial charge < -0.3 is 25.5 Å². The van der Waals surface area contributed by atoms with Crippen LogP contribution < -0.4 is 0 Å². The van der Waals surface area contributed by atoms with Crippen LogP contribution in [0.2, 0.25) is 0 Å². The van der Waals surface area contributed by atoms with Crippen LogP contribution in [-0.2, 0) is 11.6 Å². The normalized spacial score (nSPS) is 12.2. The molecule has 5 heteroatoms. The maximum atomic E-state index is 10.7. The molecule has 0 atom stereocenters. The zero-order valence-electron chi connectivity index (χ0n) is 14.2. The lowest BCUT2D eigenvalue weighted by Crippen LogP contribution is -2.30. The van der Waals surface area contributed by atoms with Crippen molar-refractivity contribution in [3.63, 3.8) is 0 Å². The third-order valence-electron chi connectivity index (χ3n) is 4.36. The van der Waals surface area contributed by atoms with E-state index in [4.69, 9.17) is 0 Å². The highest BCUT2D eigenvalue weighted by molar-refractivity contribution is 5.52. The summed E-state index contributed by atoms with van der Waals surface area (Å²) in [5.74, 6) is -5.60. The first-order valence-corrected chi connectivity index (χ1v) is 8.09. The van der Waals surface area contributed by atoms with Crippen LogP contribution in [0, 0.1) is 6.92 Å². The molecule has 0 unspecified atom stereocenters. The van der Waals surface area contributed by atoms with Gasteiger partial charge in [-0.3, -0.25) is 0 Å². The van der Waals surface area contributed by atoms with Crippen LogP contribution in [0.25, 0.3) is 0 Å². The van der Waals surface area contributed by atoms with E-state index in [0.717, 1.165) is 0 Å². The van der Waals surface area contributed by atoms with Crippen molar-refractivity contribution in [3.8, 4) is 5.75 Å². The van der Waals surface area contributed by atoms with Gasteiger partial charge in [-0.05, 0) is 24.6 Å². The summed E-state index contributed by atoms with van der Waals surface area (Å²) in [6, 6.07) is 18.8. The molecule has 0 radical (unpaired) electrons. The maximum Gasteiger partial charge on any atom is 0.221 e. The minimum Gasteiger partial charge on any atom is -0.507 e. The highest BCUT2D eigenvalue weighted by atomic mass is 16.5. The van der Waals surface area contributed by atoms with Gasteiger partial charge in [0.25, 0.3) is 0 Å². The maximum absolute atomic E-state index is 10.7. The lowest BCUT2D eigenvalue weighted by Gasteiger charge is -2.29. The molecule has 26 heavy (non-hydrogen) atoms. The summed E-state index contributed by atoms with van der Waals surface area (Å²) in [5.41, 5.74) is 0.352. The summed E-state index contributed by atoms with van der Waals surface area (Å²) in [4.78, 5) is 0. The topological polar surface area (TPSA) is 101 Å². The minimum absolute atomic E-state index is 0.146. The van der Waals surface area contributed by atoms with Crippen molar-refractivity contribution in [3.05, 3.63) is 101 Å². The van der Waals surface area contributed by atoms with E-state index in [1.54, 1.807) is 43.3 Å². The van der Waals surface area contributed by atoms with Gasteiger partial charge in [-0.25, -0.2) is 0 Å². The van der Waals surface area contributed by atoms with Crippen molar-refractivity contribution in [2.45, 2.75) is 18.5 Å². The molecule has 5 N–H and O–H groups in total. The SMILES string of the molecule is Cc1cc(C(O)(O)c2ccccc2)c(O)c(C(O)(O)c2ccccc2)c1. The molecular weight excluding hydrogens is 332 g/mol. The number of phenols is 1. The molecule has 5 nitrogen and oxygen atoms in total. The Labute approximate surface area is 151 Å². The van der Waals surface area contributed by atoms with Crippen LogP contribution >= 0.6 is 0 Å². The molecule has 0 saturated carbocycles. The van der Waals surface area contributed by atoms with Crippen molar-refractivity contribution in [2.75, 3.05) is 0 Å². The van der Waals surface area contributed by atoms with E-state index in [0.29, 0.717) is 5.56 Å². The van der Waals surface area contributed by atoms with Gasteiger partial charge in [0.05, 0.1) is 11.1 Å². The number of hydrogen-bond donors (Lipinski definition) is 5. The number of rotatable bonds is 4. The molecule has 0 heterocycles. The number of phenolic OH excluding ortho intramolecular Hbond substituents is 1. The second-order valence-electron chi connectivity index (χ2n) is 6.29. The summed E-state index contributed by atoms with van der Waals surface area (Å²) >= 11 is 0. The van der Waals surface area contributed by atoms with Crippen LogP contribution in [0.15, 0.2) is 72.8 Å². The molecule has 3 aromatic carbocycles. The highest BCUT2D eigenvalue weighted by Crippen LogP contribution is 2.41. The summed E-state index contributed by atoms with van der Waals surface area (Å²) in [6.07, 6.45) is 0. The largest absolute Gasteiger partial charge is 0.507 e. The molecule has 0 saturated heterocycles. The number of aromatic hydroxyl groups is 1. The van der Waals surface area contributed by atoms with Crippen LogP contribution in [-0.4, -0.2) is 25.5 Å². The fourth-order valence-electron chi connectivity index (χ4n) is 2.96. The second kappa shape index (κ2) is 6.55. The molecule has 0 aliphatic rings. The molecule has 134 valence electrons. The van der Waals surface area contributed by atoms with E-state index >= 15 is 0 Å². The summed E-state index contributed by atoms with van der Waals surface area (Å²) < 4.78 is 0. The number of aliphatic hydroxyl groups is 4. The second-order valence-corrected chi connectivity index (χ2v) is 6.29. The number of benzene rings is 3. The number of aryl methyl sites for hydroxylation is 1. The fraction of sp³-hybridized carbons (Fsp3) is 0.143. The third-order valence-corrected chi connectivity index (χ3v) is 4.36. The minimum atomic E-state index is -2.50. The molecule has 0 aromatic heterocycles. The van der Waals surface area contributed by atoms with E-state index in [9.17, 15) is 25.5 Å². The van der Waals surface area contributed by atoms with Gasteiger partial charge in [0, 0.05) is 11.1 Å². The Morgan fingerprint density at radius 3 is 1.31 bits per heavy atom. The average molecular weight is 352 g/mol. The van der Waals surface area contributed by atoms with Crippen LogP contribution in [0.3, 0.4) is 0 Å². The zero-order valence-corrected chi connectivity index (χ0v) is 14.2.